The summed E-state index contributed by atoms with van der Waals surface area (Å²) in [5.74, 6) is -3.04. The van der Waals surface area contributed by atoms with Crippen molar-refractivity contribution in [3.8, 4) is 5.75 Å². The number of carbonyl (C=O) groups is 3. The molecule has 182 valence electrons. The SMILES string of the molecule is COC(=O)[C@]12C[C@H]1CC[C@]21NC(=O)c2c3c(c(O)c(=O)n21)C(=O)N(Cc1ccc(F)c(Cl)c1)CC3. The minimum atomic E-state index is -1.33. The number of pyridine rings is 1. The van der Waals surface area contributed by atoms with Gasteiger partial charge in [0.1, 0.15) is 22.6 Å². The molecule has 0 bridgehead atoms. The van der Waals surface area contributed by atoms with Crippen LogP contribution in [0.1, 0.15) is 51.2 Å². The molecule has 0 unspecified atom stereocenters. The van der Waals surface area contributed by atoms with E-state index in [4.69, 9.17) is 16.3 Å². The summed E-state index contributed by atoms with van der Waals surface area (Å²) < 4.78 is 19.8. The van der Waals surface area contributed by atoms with Crippen LogP contribution in [-0.2, 0) is 28.2 Å². The smallest absolute Gasteiger partial charge is 0.316 e. The Balaban J connectivity index is 1.45. The van der Waals surface area contributed by atoms with Crippen molar-refractivity contribution >= 4 is 29.4 Å². The second kappa shape index (κ2) is 7.07. The lowest BCUT2D eigenvalue weighted by Gasteiger charge is -2.36. The maximum Gasteiger partial charge on any atom is 0.316 e. The van der Waals surface area contributed by atoms with E-state index in [2.05, 4.69) is 5.32 Å². The molecule has 11 heteroatoms. The van der Waals surface area contributed by atoms with E-state index >= 15 is 0 Å². The van der Waals surface area contributed by atoms with E-state index in [-0.39, 0.29) is 47.3 Å². The van der Waals surface area contributed by atoms with Crippen LogP contribution in [0.2, 0.25) is 5.02 Å². The minimum absolute atomic E-state index is 0.0106. The Labute approximate surface area is 203 Å². The molecule has 1 spiro atoms. The van der Waals surface area contributed by atoms with Crippen LogP contribution in [0.5, 0.6) is 5.75 Å². The van der Waals surface area contributed by atoms with Gasteiger partial charge in [-0.15, -0.1) is 0 Å². The van der Waals surface area contributed by atoms with Crippen LogP contribution in [0, 0.1) is 17.2 Å². The fourth-order valence-electron chi connectivity index (χ4n) is 6.48. The number of aromatic hydroxyl groups is 1. The Morgan fingerprint density at radius 2 is 2.11 bits per heavy atom. The van der Waals surface area contributed by atoms with Crippen LogP contribution in [0.25, 0.3) is 0 Å². The molecule has 2 fully saturated rings. The quantitative estimate of drug-likeness (QED) is 0.620. The Morgan fingerprint density at radius 1 is 1.34 bits per heavy atom. The van der Waals surface area contributed by atoms with E-state index < -0.39 is 46.0 Å². The van der Waals surface area contributed by atoms with Crippen molar-refractivity contribution < 1.29 is 28.6 Å². The first-order valence-electron chi connectivity index (χ1n) is 11.3. The van der Waals surface area contributed by atoms with Crippen LogP contribution in [0.4, 0.5) is 4.39 Å². The lowest BCUT2D eigenvalue weighted by molar-refractivity contribution is -0.152. The van der Waals surface area contributed by atoms with Crippen molar-refractivity contribution in [2.75, 3.05) is 13.7 Å². The molecule has 2 aliphatic heterocycles. The second-order valence-electron chi connectivity index (χ2n) is 9.63. The van der Waals surface area contributed by atoms with Gasteiger partial charge in [-0.2, -0.15) is 0 Å². The Kier molecular flexibility index (Phi) is 4.46. The topological polar surface area (TPSA) is 118 Å². The van der Waals surface area contributed by atoms with Gasteiger partial charge in [-0.1, -0.05) is 17.7 Å². The molecule has 2 amide bonds. The minimum Gasteiger partial charge on any atom is -0.502 e. The Bertz CT molecular complexity index is 1420. The lowest BCUT2D eigenvalue weighted by atomic mass is 9.89. The third-order valence-corrected chi connectivity index (χ3v) is 8.40. The number of ether oxygens (including phenoxy) is 1. The number of halogens is 2. The molecule has 9 nitrogen and oxygen atoms in total. The summed E-state index contributed by atoms with van der Waals surface area (Å²) in [4.78, 5) is 54.3. The predicted molar refractivity (Wildman–Crippen MR) is 119 cm³/mol. The number of fused-ring (bicyclic) bond motifs is 6. The molecular weight excluding hydrogens is 481 g/mol. The van der Waals surface area contributed by atoms with Gasteiger partial charge in [-0.05, 0) is 49.3 Å². The van der Waals surface area contributed by atoms with Crippen molar-refractivity contribution in [2.24, 2.45) is 11.3 Å². The number of methoxy groups -OCH3 is 1. The molecule has 2 aromatic rings. The number of nitrogens with zero attached hydrogens (tertiary/aromatic N) is 2. The average molecular weight is 502 g/mol. The maximum absolute atomic E-state index is 13.5. The van der Waals surface area contributed by atoms with Crippen molar-refractivity contribution in [3.63, 3.8) is 0 Å². The summed E-state index contributed by atoms with van der Waals surface area (Å²) in [5.41, 5.74) is -2.65. The summed E-state index contributed by atoms with van der Waals surface area (Å²) in [5, 5.41) is 13.7. The molecule has 4 aliphatic rings. The fraction of sp³-hybridized carbons (Fsp3) is 0.417. The van der Waals surface area contributed by atoms with Crippen LogP contribution in [0.3, 0.4) is 0 Å². The van der Waals surface area contributed by atoms with Gasteiger partial charge in [0.25, 0.3) is 17.4 Å². The summed E-state index contributed by atoms with van der Waals surface area (Å²) >= 11 is 5.85. The Hall–Kier alpha value is -3.40. The number of benzene rings is 1. The number of esters is 1. The number of hydrogen-bond donors (Lipinski definition) is 2. The highest BCUT2D eigenvalue weighted by Crippen LogP contribution is 2.71. The van der Waals surface area contributed by atoms with Gasteiger partial charge in [-0.3, -0.25) is 23.7 Å². The van der Waals surface area contributed by atoms with Crippen LogP contribution in [-0.4, -0.2) is 46.0 Å². The molecule has 3 atom stereocenters. The van der Waals surface area contributed by atoms with E-state index in [0.29, 0.717) is 24.8 Å². The zero-order valence-electron chi connectivity index (χ0n) is 18.7. The second-order valence-corrected chi connectivity index (χ2v) is 10.0. The van der Waals surface area contributed by atoms with E-state index in [9.17, 15) is 28.7 Å². The van der Waals surface area contributed by atoms with E-state index in [1.54, 1.807) is 0 Å². The number of amides is 2. The van der Waals surface area contributed by atoms with Crippen molar-refractivity contribution in [1.82, 2.24) is 14.8 Å². The van der Waals surface area contributed by atoms with Gasteiger partial charge in [0.05, 0.1) is 17.7 Å². The number of rotatable bonds is 3. The molecule has 35 heavy (non-hydrogen) atoms. The van der Waals surface area contributed by atoms with Gasteiger partial charge in [0.2, 0.25) is 0 Å². The summed E-state index contributed by atoms with van der Waals surface area (Å²) in [6.45, 7) is 0.288. The summed E-state index contributed by atoms with van der Waals surface area (Å²) in [6.07, 6.45) is 1.63. The lowest BCUT2D eigenvalue weighted by Crippen LogP contribution is -2.55. The van der Waals surface area contributed by atoms with Crippen molar-refractivity contribution in [1.29, 1.82) is 0 Å². The van der Waals surface area contributed by atoms with Gasteiger partial charge in [0, 0.05) is 18.7 Å². The van der Waals surface area contributed by atoms with Gasteiger partial charge < -0.3 is 20.1 Å². The number of nitrogens with one attached hydrogen (secondary N) is 1. The third-order valence-electron chi connectivity index (χ3n) is 8.11. The predicted octanol–water partition coefficient (Wildman–Crippen LogP) is 1.91. The third kappa shape index (κ3) is 2.63. The molecule has 2 N–H and O–H groups in total. The van der Waals surface area contributed by atoms with Crippen LogP contribution in [0.15, 0.2) is 23.0 Å². The van der Waals surface area contributed by atoms with Crippen LogP contribution < -0.4 is 10.9 Å². The molecular formula is C24H21ClFN3O6. The molecule has 1 aromatic heterocycles. The largest absolute Gasteiger partial charge is 0.502 e. The maximum atomic E-state index is 13.5. The first kappa shape index (κ1) is 22.1. The highest BCUT2D eigenvalue weighted by Gasteiger charge is 2.79. The molecule has 2 saturated carbocycles. The molecule has 2 aliphatic carbocycles. The van der Waals surface area contributed by atoms with Crippen molar-refractivity contribution in [2.45, 2.75) is 37.9 Å². The van der Waals surface area contributed by atoms with E-state index in [1.165, 1.54) is 34.8 Å². The molecule has 1 aromatic carbocycles. The summed E-state index contributed by atoms with van der Waals surface area (Å²) in [7, 11) is 1.27. The molecule has 6 rings (SSSR count). The number of hydrogen-bond acceptors (Lipinski definition) is 6. The standard InChI is InChI=1S/C24H21ClFN3O6/c1-35-22(34)23-9-12(23)4-6-24(23)27-19(31)17-13-5-7-28(10-11-2-3-15(26)14(25)8-11)20(32)16(13)18(30)21(33)29(17)24/h2-3,8,12,30H,4-7,9-10H2,1H3,(H,27,31)/t12-,23+,24-/m1/s1. The van der Waals surface area contributed by atoms with Gasteiger partial charge in [-0.25, -0.2) is 4.39 Å². The average Bonchev–Trinajstić information content (AvgIpc) is 3.40. The van der Waals surface area contributed by atoms with E-state index in [0.717, 1.165) is 0 Å². The zero-order valence-corrected chi connectivity index (χ0v) is 19.4. The van der Waals surface area contributed by atoms with E-state index in [1.807, 2.05) is 0 Å². The fourth-order valence-corrected chi connectivity index (χ4v) is 6.69. The number of carbonyl (C=O) groups excluding carboxylic acids is 3. The normalized spacial score (nSPS) is 28.0. The Morgan fingerprint density at radius 3 is 2.80 bits per heavy atom. The van der Waals surface area contributed by atoms with Gasteiger partial charge in [0.15, 0.2) is 5.75 Å². The monoisotopic (exact) mass is 501 g/mol. The molecule has 3 heterocycles. The molecule has 0 saturated heterocycles. The highest BCUT2D eigenvalue weighted by atomic mass is 35.5. The first-order valence-corrected chi connectivity index (χ1v) is 11.7. The number of aromatic nitrogens is 1. The van der Waals surface area contributed by atoms with Gasteiger partial charge >= 0.3 is 5.97 Å². The highest BCUT2D eigenvalue weighted by molar-refractivity contribution is 6.30. The van der Waals surface area contributed by atoms with Crippen molar-refractivity contribution in [3.05, 3.63) is 61.8 Å². The zero-order chi connectivity index (χ0) is 24.9. The molecule has 0 radical (unpaired) electrons. The van der Waals surface area contributed by atoms with Crippen LogP contribution >= 0.6 is 11.6 Å². The first-order chi connectivity index (χ1) is 16.7. The summed E-state index contributed by atoms with van der Waals surface area (Å²) in [6, 6.07) is 4.11.